The van der Waals surface area contributed by atoms with Crippen LogP contribution in [0.3, 0.4) is 0 Å². The van der Waals surface area contributed by atoms with Crippen molar-refractivity contribution in [1.29, 1.82) is 0 Å². The van der Waals surface area contributed by atoms with Gasteiger partial charge in [-0.15, -0.1) is 0 Å². The molecule has 0 unspecified atom stereocenters. The SMILES string of the molecule is COc1ccc(OC)c(-c2cc(C(=O)N/N=C/c3cc(Br)cc(Br)c3O)[nH]n2)c1. The molecule has 8 nitrogen and oxygen atoms in total. The molecule has 3 aromatic rings. The number of ether oxygens (including phenoxy) is 2. The summed E-state index contributed by atoms with van der Waals surface area (Å²) in [5, 5.41) is 20.7. The molecule has 1 aromatic heterocycles. The molecule has 0 saturated carbocycles. The predicted octanol–water partition coefficient (Wildman–Crippen LogP) is 4.09. The van der Waals surface area contributed by atoms with E-state index in [1.807, 2.05) is 0 Å². The molecule has 0 spiro atoms. The van der Waals surface area contributed by atoms with Crippen LogP contribution in [-0.4, -0.2) is 41.6 Å². The Balaban J connectivity index is 1.77. The van der Waals surface area contributed by atoms with Crippen molar-refractivity contribution in [3.8, 4) is 28.5 Å². The number of phenolic OH excluding ortho intramolecular Hbond substituents is 1. The molecule has 0 atom stereocenters. The van der Waals surface area contributed by atoms with Gasteiger partial charge in [-0.2, -0.15) is 10.2 Å². The summed E-state index contributed by atoms with van der Waals surface area (Å²) in [6.45, 7) is 0. The van der Waals surface area contributed by atoms with Gasteiger partial charge in [0.1, 0.15) is 22.9 Å². The van der Waals surface area contributed by atoms with E-state index in [1.54, 1.807) is 50.6 Å². The topological polar surface area (TPSA) is 109 Å². The fraction of sp³-hybridized carbons (Fsp3) is 0.105. The van der Waals surface area contributed by atoms with Crippen LogP contribution >= 0.6 is 31.9 Å². The van der Waals surface area contributed by atoms with Crippen molar-refractivity contribution in [2.45, 2.75) is 0 Å². The third-order valence-electron chi connectivity index (χ3n) is 3.93. The van der Waals surface area contributed by atoms with E-state index < -0.39 is 5.91 Å². The molecule has 3 N–H and O–H groups in total. The molecule has 0 saturated heterocycles. The van der Waals surface area contributed by atoms with Crippen LogP contribution in [0.2, 0.25) is 0 Å². The van der Waals surface area contributed by atoms with E-state index >= 15 is 0 Å². The zero-order valence-corrected chi connectivity index (χ0v) is 18.5. The number of carbonyl (C=O) groups excluding carboxylic acids is 1. The summed E-state index contributed by atoms with van der Waals surface area (Å²) in [7, 11) is 3.12. The fourth-order valence-corrected chi connectivity index (χ4v) is 3.75. The summed E-state index contributed by atoms with van der Waals surface area (Å²) in [4.78, 5) is 12.3. The number of nitrogens with one attached hydrogen (secondary N) is 2. The van der Waals surface area contributed by atoms with E-state index in [-0.39, 0.29) is 11.4 Å². The van der Waals surface area contributed by atoms with E-state index in [0.717, 1.165) is 4.47 Å². The maximum atomic E-state index is 12.3. The first-order valence-electron chi connectivity index (χ1n) is 8.22. The van der Waals surface area contributed by atoms with E-state index in [1.165, 1.54) is 6.21 Å². The average Bonchev–Trinajstić information content (AvgIpc) is 3.21. The lowest BCUT2D eigenvalue weighted by atomic mass is 10.1. The average molecular weight is 524 g/mol. The fourth-order valence-electron chi connectivity index (χ4n) is 2.50. The Bertz CT molecular complexity index is 1080. The highest BCUT2D eigenvalue weighted by Crippen LogP contribution is 2.33. The van der Waals surface area contributed by atoms with Crippen LogP contribution in [0, 0.1) is 0 Å². The summed E-state index contributed by atoms with van der Waals surface area (Å²) >= 11 is 6.57. The van der Waals surface area contributed by atoms with Crippen molar-refractivity contribution in [3.63, 3.8) is 0 Å². The second-order valence-electron chi connectivity index (χ2n) is 5.76. The van der Waals surface area contributed by atoms with Gasteiger partial charge in [0.15, 0.2) is 0 Å². The number of phenols is 1. The van der Waals surface area contributed by atoms with Crippen molar-refractivity contribution in [2.24, 2.45) is 5.10 Å². The van der Waals surface area contributed by atoms with Gasteiger partial charge >= 0.3 is 0 Å². The Morgan fingerprint density at radius 2 is 2.00 bits per heavy atom. The van der Waals surface area contributed by atoms with Gasteiger partial charge in [0.2, 0.25) is 0 Å². The smallest absolute Gasteiger partial charge is 0.289 e. The number of rotatable bonds is 6. The lowest BCUT2D eigenvalue weighted by Gasteiger charge is -2.08. The highest BCUT2D eigenvalue weighted by atomic mass is 79.9. The molecule has 10 heteroatoms. The largest absolute Gasteiger partial charge is 0.506 e. The van der Waals surface area contributed by atoms with Gasteiger partial charge in [-0.25, -0.2) is 5.43 Å². The molecule has 1 heterocycles. The minimum absolute atomic E-state index is 0.0140. The minimum Gasteiger partial charge on any atom is -0.506 e. The lowest BCUT2D eigenvalue weighted by molar-refractivity contribution is 0.0950. The zero-order chi connectivity index (χ0) is 21.0. The maximum absolute atomic E-state index is 12.3. The molecular weight excluding hydrogens is 508 g/mol. The van der Waals surface area contributed by atoms with Crippen LogP contribution in [0.5, 0.6) is 17.2 Å². The number of aromatic amines is 1. The molecule has 0 bridgehead atoms. The molecule has 29 heavy (non-hydrogen) atoms. The number of H-pyrrole nitrogens is 1. The molecule has 0 radical (unpaired) electrons. The van der Waals surface area contributed by atoms with Crippen molar-refractivity contribution < 1.29 is 19.4 Å². The number of nitrogens with zero attached hydrogens (tertiary/aromatic N) is 2. The Labute approximate surface area is 183 Å². The summed E-state index contributed by atoms with van der Waals surface area (Å²) in [5.74, 6) is 0.757. The van der Waals surface area contributed by atoms with Crippen molar-refractivity contribution >= 4 is 44.0 Å². The molecule has 1 amide bonds. The molecule has 0 aliphatic rings. The number of aromatic hydroxyl groups is 1. The number of aromatic nitrogens is 2. The first-order chi connectivity index (χ1) is 13.9. The molecule has 150 valence electrons. The number of hydrogen-bond donors (Lipinski definition) is 3. The Hall–Kier alpha value is -2.85. The third-order valence-corrected chi connectivity index (χ3v) is 4.99. The zero-order valence-electron chi connectivity index (χ0n) is 15.4. The monoisotopic (exact) mass is 522 g/mol. The van der Waals surface area contributed by atoms with Gasteiger partial charge in [0, 0.05) is 15.6 Å². The number of carbonyl (C=O) groups is 1. The van der Waals surface area contributed by atoms with Crippen LogP contribution < -0.4 is 14.9 Å². The number of hydrazone groups is 1. The third kappa shape index (κ3) is 4.77. The van der Waals surface area contributed by atoms with Gasteiger partial charge in [0.25, 0.3) is 5.91 Å². The number of amides is 1. The number of benzene rings is 2. The second kappa shape index (κ2) is 9.10. The molecular formula is C19H16Br2N4O4. The Morgan fingerprint density at radius 1 is 1.21 bits per heavy atom. The standard InChI is InChI=1S/C19H16Br2N4O4/c1-28-12-3-4-17(29-2)13(7-12)15-8-16(24-23-15)19(27)25-22-9-10-5-11(20)6-14(21)18(10)26/h3-9,26H,1-2H3,(H,23,24)(H,25,27)/b22-9+. The van der Waals surface area contributed by atoms with Gasteiger partial charge in [-0.3, -0.25) is 9.89 Å². The van der Waals surface area contributed by atoms with Crippen molar-refractivity contribution in [3.05, 3.63) is 56.6 Å². The maximum Gasteiger partial charge on any atom is 0.289 e. The van der Waals surface area contributed by atoms with Crippen LogP contribution in [0.1, 0.15) is 16.1 Å². The second-order valence-corrected chi connectivity index (χ2v) is 7.53. The first kappa shape index (κ1) is 20.9. The quantitative estimate of drug-likeness (QED) is 0.333. The van der Waals surface area contributed by atoms with E-state index in [4.69, 9.17) is 9.47 Å². The molecule has 2 aromatic carbocycles. The van der Waals surface area contributed by atoms with Crippen LogP contribution in [0.4, 0.5) is 0 Å². The highest BCUT2D eigenvalue weighted by molar-refractivity contribution is 9.11. The predicted molar refractivity (Wildman–Crippen MR) is 116 cm³/mol. The van der Waals surface area contributed by atoms with Gasteiger partial charge in [0.05, 0.1) is 30.6 Å². The van der Waals surface area contributed by atoms with E-state index in [9.17, 15) is 9.90 Å². The molecule has 0 aliphatic carbocycles. The van der Waals surface area contributed by atoms with E-state index in [0.29, 0.717) is 32.8 Å². The van der Waals surface area contributed by atoms with E-state index in [2.05, 4.69) is 52.6 Å². The lowest BCUT2D eigenvalue weighted by Crippen LogP contribution is -2.18. The molecule has 0 fully saturated rings. The molecule has 3 rings (SSSR count). The van der Waals surface area contributed by atoms with Crippen molar-refractivity contribution in [1.82, 2.24) is 15.6 Å². The van der Waals surface area contributed by atoms with Crippen LogP contribution in [-0.2, 0) is 0 Å². The van der Waals surface area contributed by atoms with Gasteiger partial charge in [-0.1, -0.05) is 15.9 Å². The summed E-state index contributed by atoms with van der Waals surface area (Å²) in [6, 6.07) is 10.2. The normalized spacial score (nSPS) is 10.9. The van der Waals surface area contributed by atoms with Crippen LogP contribution in [0.25, 0.3) is 11.3 Å². The summed E-state index contributed by atoms with van der Waals surface area (Å²) in [5.41, 5.74) is 4.22. The van der Waals surface area contributed by atoms with Gasteiger partial charge < -0.3 is 14.6 Å². The number of halogens is 2. The number of hydrogen-bond acceptors (Lipinski definition) is 6. The minimum atomic E-state index is -0.490. The highest BCUT2D eigenvalue weighted by Gasteiger charge is 2.15. The Kier molecular flexibility index (Phi) is 6.55. The van der Waals surface area contributed by atoms with Crippen LogP contribution in [0.15, 0.2) is 50.4 Å². The number of methoxy groups -OCH3 is 2. The van der Waals surface area contributed by atoms with Gasteiger partial charge in [-0.05, 0) is 52.3 Å². The summed E-state index contributed by atoms with van der Waals surface area (Å²) in [6.07, 6.45) is 1.34. The first-order valence-corrected chi connectivity index (χ1v) is 9.80. The van der Waals surface area contributed by atoms with Crippen molar-refractivity contribution in [2.75, 3.05) is 14.2 Å². The Morgan fingerprint density at radius 3 is 2.72 bits per heavy atom. The summed E-state index contributed by atoms with van der Waals surface area (Å²) < 4.78 is 11.8. The molecule has 0 aliphatic heterocycles.